The minimum absolute atomic E-state index is 0.199. The molecule has 0 amide bonds. The maximum absolute atomic E-state index is 13.4. The Balaban J connectivity index is 2.05. The van der Waals surface area contributed by atoms with Gasteiger partial charge in [0.15, 0.2) is 0 Å². The van der Waals surface area contributed by atoms with Gasteiger partial charge in [-0.05, 0) is 64.9 Å². The summed E-state index contributed by atoms with van der Waals surface area (Å²) >= 11 is 3.10. The molecule has 0 bridgehead atoms. The number of hydrogen-bond acceptors (Lipinski definition) is 3. The van der Waals surface area contributed by atoms with Gasteiger partial charge in [0.25, 0.3) is 0 Å². The van der Waals surface area contributed by atoms with E-state index >= 15 is 0 Å². The molecule has 0 aliphatic carbocycles. The molecule has 0 heterocycles. The molecule has 0 aliphatic heterocycles. The molecule has 4 nitrogen and oxygen atoms in total. The second-order valence-corrected chi connectivity index (χ2v) is 7.07. The molecule has 2 aromatic rings. The maximum atomic E-state index is 13.4. The summed E-state index contributed by atoms with van der Waals surface area (Å²) in [7, 11) is -2.06. The summed E-state index contributed by atoms with van der Waals surface area (Å²) in [4.78, 5) is 0.199. The molecule has 2 rings (SSSR count). The third-order valence-electron chi connectivity index (χ3n) is 2.91. The Labute approximate surface area is 131 Å². The van der Waals surface area contributed by atoms with Crippen molar-refractivity contribution in [2.45, 2.75) is 11.4 Å². The highest BCUT2D eigenvalue weighted by molar-refractivity contribution is 9.10. The smallest absolute Gasteiger partial charge is 0.240 e. The van der Waals surface area contributed by atoms with Crippen LogP contribution in [0.3, 0.4) is 0 Å². The first-order valence-electron chi connectivity index (χ1n) is 6.14. The van der Waals surface area contributed by atoms with Crippen molar-refractivity contribution >= 4 is 31.6 Å². The van der Waals surface area contributed by atoms with E-state index in [4.69, 9.17) is 0 Å². The van der Waals surface area contributed by atoms with Crippen LogP contribution in [0.1, 0.15) is 5.56 Å². The van der Waals surface area contributed by atoms with Crippen LogP contribution in [0.4, 0.5) is 10.1 Å². The lowest BCUT2D eigenvalue weighted by atomic mass is 10.2. The van der Waals surface area contributed by atoms with Crippen molar-refractivity contribution in [3.63, 3.8) is 0 Å². The van der Waals surface area contributed by atoms with E-state index in [0.29, 0.717) is 11.0 Å². The van der Waals surface area contributed by atoms with Crippen LogP contribution in [-0.2, 0) is 16.6 Å². The van der Waals surface area contributed by atoms with E-state index in [1.165, 1.54) is 25.2 Å². The van der Waals surface area contributed by atoms with Crippen LogP contribution in [0.5, 0.6) is 0 Å². The van der Waals surface area contributed by atoms with Crippen LogP contribution in [0.2, 0.25) is 0 Å². The first-order chi connectivity index (χ1) is 9.92. The Hall–Kier alpha value is -1.44. The lowest BCUT2D eigenvalue weighted by Crippen LogP contribution is -2.18. The Bertz CT molecular complexity index is 733. The highest BCUT2D eigenvalue weighted by Crippen LogP contribution is 2.18. The molecule has 0 unspecified atom stereocenters. The lowest BCUT2D eigenvalue weighted by molar-refractivity contribution is 0.588. The number of anilines is 1. The zero-order valence-corrected chi connectivity index (χ0v) is 13.6. The Morgan fingerprint density at radius 2 is 1.81 bits per heavy atom. The van der Waals surface area contributed by atoms with Gasteiger partial charge < -0.3 is 5.32 Å². The second-order valence-electron chi connectivity index (χ2n) is 4.33. The maximum Gasteiger partial charge on any atom is 0.240 e. The van der Waals surface area contributed by atoms with Gasteiger partial charge in [-0.25, -0.2) is 17.5 Å². The van der Waals surface area contributed by atoms with Crippen LogP contribution in [-0.4, -0.2) is 15.5 Å². The number of halogens is 2. The Kier molecular flexibility index (Phi) is 4.97. The van der Waals surface area contributed by atoms with E-state index in [-0.39, 0.29) is 10.7 Å². The van der Waals surface area contributed by atoms with E-state index in [1.54, 1.807) is 24.3 Å². The molecule has 21 heavy (non-hydrogen) atoms. The van der Waals surface area contributed by atoms with Gasteiger partial charge in [0, 0.05) is 12.2 Å². The summed E-state index contributed by atoms with van der Waals surface area (Å²) in [5.41, 5.74) is 1.55. The molecule has 0 radical (unpaired) electrons. The third kappa shape index (κ3) is 4.03. The van der Waals surface area contributed by atoms with Crippen molar-refractivity contribution < 1.29 is 12.8 Å². The van der Waals surface area contributed by atoms with Crippen molar-refractivity contribution in [2.24, 2.45) is 0 Å². The van der Waals surface area contributed by atoms with Crippen molar-refractivity contribution in [3.05, 3.63) is 58.3 Å². The summed E-state index contributed by atoms with van der Waals surface area (Å²) in [6.45, 7) is 0.447. The number of nitrogens with one attached hydrogen (secondary N) is 2. The van der Waals surface area contributed by atoms with Gasteiger partial charge in [-0.1, -0.05) is 6.07 Å². The normalized spacial score (nSPS) is 11.4. The van der Waals surface area contributed by atoms with Crippen LogP contribution < -0.4 is 10.0 Å². The number of hydrogen-bond donors (Lipinski definition) is 2. The van der Waals surface area contributed by atoms with Crippen LogP contribution in [0.25, 0.3) is 0 Å². The fraction of sp³-hybridized carbons (Fsp3) is 0.143. The molecule has 112 valence electrons. The van der Waals surface area contributed by atoms with Crippen LogP contribution in [0, 0.1) is 5.82 Å². The van der Waals surface area contributed by atoms with Gasteiger partial charge in [0.05, 0.1) is 9.37 Å². The molecular weight excluding hydrogens is 359 g/mol. The quantitative estimate of drug-likeness (QED) is 0.847. The van der Waals surface area contributed by atoms with Gasteiger partial charge in [-0.2, -0.15) is 0 Å². The fourth-order valence-electron chi connectivity index (χ4n) is 1.72. The van der Waals surface area contributed by atoms with Gasteiger partial charge in [-0.15, -0.1) is 0 Å². The van der Waals surface area contributed by atoms with Gasteiger partial charge in [-0.3, -0.25) is 0 Å². The van der Waals surface area contributed by atoms with E-state index < -0.39 is 10.0 Å². The summed E-state index contributed by atoms with van der Waals surface area (Å²) in [6.07, 6.45) is 0. The highest BCUT2D eigenvalue weighted by Gasteiger charge is 2.10. The molecule has 2 N–H and O–H groups in total. The minimum atomic E-state index is -3.43. The average molecular weight is 373 g/mol. The first kappa shape index (κ1) is 15.9. The zero-order valence-electron chi connectivity index (χ0n) is 11.2. The predicted octanol–water partition coefficient (Wildman–Crippen LogP) is 3.11. The topological polar surface area (TPSA) is 58.2 Å². The SMILES string of the molecule is CNS(=O)(=O)c1ccc(NCc2ccc(Br)c(F)c2)cc1. The van der Waals surface area contributed by atoms with E-state index in [0.717, 1.165) is 11.3 Å². The molecule has 0 fully saturated rings. The standard InChI is InChI=1S/C14H14BrFN2O2S/c1-17-21(19,20)12-5-3-11(4-6-12)18-9-10-2-7-13(15)14(16)8-10/h2-8,17-18H,9H2,1H3. The van der Waals surface area contributed by atoms with Crippen molar-refractivity contribution in [1.29, 1.82) is 0 Å². The first-order valence-corrected chi connectivity index (χ1v) is 8.41. The van der Waals surface area contributed by atoms with Gasteiger partial charge in [0.2, 0.25) is 10.0 Å². The van der Waals surface area contributed by atoms with Crippen molar-refractivity contribution in [1.82, 2.24) is 4.72 Å². The Morgan fingerprint density at radius 1 is 1.14 bits per heavy atom. The summed E-state index contributed by atoms with van der Waals surface area (Å²) in [6, 6.07) is 11.2. The summed E-state index contributed by atoms with van der Waals surface area (Å²) in [5.74, 6) is -0.315. The van der Waals surface area contributed by atoms with Crippen molar-refractivity contribution in [2.75, 3.05) is 12.4 Å². The molecule has 0 aromatic heterocycles. The van der Waals surface area contributed by atoms with Crippen LogP contribution in [0.15, 0.2) is 51.8 Å². The molecule has 0 saturated carbocycles. The predicted molar refractivity (Wildman–Crippen MR) is 84.1 cm³/mol. The minimum Gasteiger partial charge on any atom is -0.381 e. The second kappa shape index (κ2) is 6.55. The number of benzene rings is 2. The van der Waals surface area contributed by atoms with Crippen LogP contribution >= 0.6 is 15.9 Å². The van der Waals surface area contributed by atoms with E-state index in [2.05, 4.69) is 26.0 Å². The van der Waals surface area contributed by atoms with Gasteiger partial charge in [0.1, 0.15) is 5.82 Å². The summed E-state index contributed by atoms with van der Waals surface area (Å²) in [5, 5.41) is 3.11. The number of rotatable bonds is 5. The molecule has 7 heteroatoms. The molecule has 2 aromatic carbocycles. The number of sulfonamides is 1. The molecule has 0 spiro atoms. The highest BCUT2D eigenvalue weighted by atomic mass is 79.9. The molecule has 0 saturated heterocycles. The molecule has 0 aliphatic rings. The fourth-order valence-corrected chi connectivity index (χ4v) is 2.70. The largest absolute Gasteiger partial charge is 0.381 e. The summed E-state index contributed by atoms with van der Waals surface area (Å²) < 4.78 is 39.2. The monoisotopic (exact) mass is 372 g/mol. The average Bonchev–Trinajstić information content (AvgIpc) is 2.49. The third-order valence-corrected chi connectivity index (χ3v) is 4.99. The van der Waals surface area contributed by atoms with E-state index in [1.807, 2.05) is 0 Å². The zero-order chi connectivity index (χ0) is 15.5. The Morgan fingerprint density at radius 3 is 2.38 bits per heavy atom. The molecule has 0 atom stereocenters. The van der Waals surface area contributed by atoms with Gasteiger partial charge >= 0.3 is 0 Å². The van der Waals surface area contributed by atoms with Crippen molar-refractivity contribution in [3.8, 4) is 0 Å². The molecular formula is C14H14BrFN2O2S. The van der Waals surface area contributed by atoms with E-state index in [9.17, 15) is 12.8 Å². The lowest BCUT2D eigenvalue weighted by Gasteiger charge is -2.08.